The molecule has 0 saturated heterocycles. The molecule has 1 aliphatic rings. The minimum atomic E-state index is 0.918. The first-order valence-electron chi connectivity index (χ1n) is 10.6. The van der Waals surface area contributed by atoms with E-state index in [-0.39, 0.29) is 0 Å². The molecule has 0 unspecified atom stereocenters. The van der Waals surface area contributed by atoms with Crippen LogP contribution in [0.25, 0.3) is 49.9 Å². The van der Waals surface area contributed by atoms with Crippen LogP contribution in [0.4, 0.5) is 0 Å². The largest absolute Gasteiger partial charge is 0.349 e. The predicted molar refractivity (Wildman–Crippen MR) is 123 cm³/mol. The van der Waals surface area contributed by atoms with Crippen LogP contribution in [0.1, 0.15) is 5.56 Å². The van der Waals surface area contributed by atoms with Crippen LogP contribution in [0.2, 0.25) is 0 Å². The Labute approximate surface area is 179 Å². The van der Waals surface area contributed by atoms with Gasteiger partial charge in [-0.15, -0.1) is 0 Å². The van der Waals surface area contributed by atoms with Crippen molar-refractivity contribution in [2.24, 2.45) is 0 Å². The molecule has 3 aromatic heterocycles. The first-order chi connectivity index (χ1) is 15.4. The Balaban J connectivity index is 1.66. The number of nitrogens with zero attached hydrogens (tertiary/aromatic N) is 4. The predicted octanol–water partition coefficient (Wildman–Crippen LogP) is 5.24. The summed E-state index contributed by atoms with van der Waals surface area (Å²) >= 11 is 0. The van der Waals surface area contributed by atoms with E-state index in [1.165, 1.54) is 44.3 Å². The molecule has 0 spiro atoms. The van der Waals surface area contributed by atoms with Crippen molar-refractivity contribution >= 4 is 33.0 Å². The van der Waals surface area contributed by atoms with Gasteiger partial charge in [0.05, 0.1) is 23.8 Å². The molecule has 0 radical (unpaired) electrons. The lowest BCUT2D eigenvalue weighted by molar-refractivity contribution is -0.663. The maximum atomic E-state index is 4.66. The Kier molecular flexibility index (Phi) is 3.36. The van der Waals surface area contributed by atoms with Crippen molar-refractivity contribution in [1.82, 2.24) is 14.5 Å². The third-order valence-corrected chi connectivity index (χ3v) is 6.45. The van der Waals surface area contributed by atoms with Crippen LogP contribution < -0.4 is 4.57 Å². The SMILES string of the molecule is c1ccc(-n2c3ccccc3c3c4c(ccc32)CC[n+]2c-4ccc3nccnc32)cc1. The molecule has 4 heteroatoms. The Morgan fingerprint density at radius 3 is 2.52 bits per heavy atom. The van der Waals surface area contributed by atoms with E-state index in [2.05, 4.69) is 98.0 Å². The van der Waals surface area contributed by atoms with Gasteiger partial charge in [-0.2, -0.15) is 0 Å². The summed E-state index contributed by atoms with van der Waals surface area (Å²) in [5.41, 5.74) is 9.48. The summed E-state index contributed by atoms with van der Waals surface area (Å²) in [6.45, 7) is 0.918. The van der Waals surface area contributed by atoms with Crippen molar-refractivity contribution in [3.63, 3.8) is 0 Å². The van der Waals surface area contributed by atoms with Gasteiger partial charge in [-0.25, -0.2) is 9.55 Å². The number of rotatable bonds is 1. The average molecular weight is 399 g/mol. The van der Waals surface area contributed by atoms with Crippen LogP contribution >= 0.6 is 0 Å². The summed E-state index contributed by atoms with van der Waals surface area (Å²) in [5.74, 6) is 0. The van der Waals surface area contributed by atoms with E-state index >= 15 is 0 Å². The van der Waals surface area contributed by atoms with E-state index in [0.29, 0.717) is 0 Å². The molecule has 6 aromatic rings. The molecule has 4 heterocycles. The van der Waals surface area contributed by atoms with E-state index < -0.39 is 0 Å². The third-order valence-electron chi connectivity index (χ3n) is 6.45. The molecule has 0 amide bonds. The van der Waals surface area contributed by atoms with Gasteiger partial charge in [0, 0.05) is 28.4 Å². The highest BCUT2D eigenvalue weighted by atomic mass is 15.1. The second-order valence-electron chi connectivity index (χ2n) is 8.07. The lowest BCUT2D eigenvalue weighted by Gasteiger charge is -2.19. The number of hydrogen-bond acceptors (Lipinski definition) is 2. The molecule has 4 nitrogen and oxygen atoms in total. The second kappa shape index (κ2) is 6.22. The molecule has 7 rings (SSSR count). The van der Waals surface area contributed by atoms with Crippen LogP contribution in [-0.2, 0) is 13.0 Å². The van der Waals surface area contributed by atoms with Gasteiger partial charge in [0.1, 0.15) is 5.69 Å². The van der Waals surface area contributed by atoms with Gasteiger partial charge in [-0.1, -0.05) is 42.5 Å². The zero-order chi connectivity index (χ0) is 20.4. The fraction of sp³-hybridized carbons (Fsp3) is 0.0741. The lowest BCUT2D eigenvalue weighted by atomic mass is 9.92. The van der Waals surface area contributed by atoms with Crippen molar-refractivity contribution < 1.29 is 4.57 Å². The van der Waals surface area contributed by atoms with E-state index in [1.54, 1.807) is 12.4 Å². The Morgan fingerprint density at radius 1 is 0.742 bits per heavy atom. The van der Waals surface area contributed by atoms with E-state index in [1.807, 2.05) is 0 Å². The summed E-state index contributed by atoms with van der Waals surface area (Å²) in [6, 6.07) is 28.3. The number of pyridine rings is 1. The summed E-state index contributed by atoms with van der Waals surface area (Å²) < 4.78 is 4.71. The van der Waals surface area contributed by atoms with Gasteiger partial charge < -0.3 is 4.57 Å². The number of hydrogen-bond donors (Lipinski definition) is 0. The molecular weight excluding hydrogens is 380 g/mol. The summed E-state index contributed by atoms with van der Waals surface area (Å²) in [4.78, 5) is 9.17. The zero-order valence-electron chi connectivity index (χ0n) is 16.9. The number of fused-ring (bicyclic) bond motifs is 9. The van der Waals surface area contributed by atoms with Gasteiger partial charge in [-0.05, 0) is 46.9 Å². The molecule has 3 aromatic carbocycles. The van der Waals surface area contributed by atoms with Crippen LogP contribution in [-0.4, -0.2) is 14.5 Å². The third kappa shape index (κ3) is 2.27. The summed E-state index contributed by atoms with van der Waals surface area (Å²) in [6.07, 6.45) is 4.54. The second-order valence-corrected chi connectivity index (χ2v) is 8.07. The molecule has 146 valence electrons. The highest BCUT2D eigenvalue weighted by Gasteiger charge is 2.27. The van der Waals surface area contributed by atoms with Crippen LogP contribution in [0, 0.1) is 0 Å². The fourth-order valence-electron chi connectivity index (χ4n) is 5.17. The van der Waals surface area contributed by atoms with Gasteiger partial charge >= 0.3 is 5.65 Å². The van der Waals surface area contributed by atoms with Crippen LogP contribution in [0.3, 0.4) is 0 Å². The lowest BCUT2D eigenvalue weighted by Crippen LogP contribution is -2.41. The Morgan fingerprint density at radius 2 is 1.58 bits per heavy atom. The Hall–Kier alpha value is -4.05. The minimum absolute atomic E-state index is 0.918. The molecule has 0 aliphatic carbocycles. The molecule has 0 N–H and O–H groups in total. The molecule has 31 heavy (non-hydrogen) atoms. The average Bonchev–Trinajstić information content (AvgIpc) is 3.18. The van der Waals surface area contributed by atoms with Gasteiger partial charge in [0.25, 0.3) is 0 Å². The topological polar surface area (TPSA) is 34.6 Å². The maximum absolute atomic E-state index is 4.66. The first-order valence-corrected chi connectivity index (χ1v) is 10.6. The van der Waals surface area contributed by atoms with E-state index in [0.717, 1.165) is 24.1 Å². The quantitative estimate of drug-likeness (QED) is 0.355. The Bertz CT molecular complexity index is 1630. The highest BCUT2D eigenvalue weighted by Crippen LogP contribution is 2.41. The van der Waals surface area contributed by atoms with Gasteiger partial charge in [0.15, 0.2) is 11.7 Å². The summed E-state index contributed by atoms with van der Waals surface area (Å²) in [7, 11) is 0. The van der Waals surface area contributed by atoms with Gasteiger partial charge in [0.2, 0.25) is 0 Å². The minimum Gasteiger partial charge on any atom is -0.309 e. The maximum Gasteiger partial charge on any atom is 0.349 e. The van der Waals surface area contributed by atoms with E-state index in [9.17, 15) is 0 Å². The molecule has 1 aliphatic heterocycles. The molecule has 0 bridgehead atoms. The fourth-order valence-corrected chi connectivity index (χ4v) is 5.17. The van der Waals surface area contributed by atoms with Crippen molar-refractivity contribution in [2.45, 2.75) is 13.0 Å². The molecule has 0 atom stereocenters. The van der Waals surface area contributed by atoms with Crippen molar-refractivity contribution in [1.29, 1.82) is 0 Å². The van der Waals surface area contributed by atoms with E-state index in [4.69, 9.17) is 0 Å². The molecule has 0 saturated carbocycles. The highest BCUT2D eigenvalue weighted by molar-refractivity contribution is 6.16. The first kappa shape index (κ1) is 16.7. The number of aromatic nitrogens is 4. The number of aryl methyl sites for hydroxylation is 2. The van der Waals surface area contributed by atoms with Crippen LogP contribution in [0.15, 0.2) is 91.3 Å². The normalized spacial score (nSPS) is 12.9. The summed E-state index contributed by atoms with van der Waals surface area (Å²) in [5, 5.41) is 2.60. The monoisotopic (exact) mass is 399 g/mol. The smallest absolute Gasteiger partial charge is 0.309 e. The zero-order valence-corrected chi connectivity index (χ0v) is 16.9. The van der Waals surface area contributed by atoms with Crippen LogP contribution in [0.5, 0.6) is 0 Å². The molecular formula is C27H19N4+. The van der Waals surface area contributed by atoms with Gasteiger partial charge in [-0.3, -0.25) is 0 Å². The number of para-hydroxylation sites is 2. The number of benzene rings is 3. The van der Waals surface area contributed by atoms with Crippen molar-refractivity contribution in [2.75, 3.05) is 0 Å². The standard InChI is InChI=1S/C27H19N4/c1-2-6-19(7-3-1)31-22-9-5-4-8-20(22)26-24(31)12-10-18-14-17-30-23(25(18)26)13-11-21-27(30)29-16-15-28-21/h1-13,15-16H,14,17H2/q+1. The van der Waals surface area contributed by atoms with Crippen molar-refractivity contribution in [3.05, 3.63) is 96.8 Å². The van der Waals surface area contributed by atoms with Crippen molar-refractivity contribution in [3.8, 4) is 16.9 Å². The molecule has 0 fully saturated rings.